The van der Waals surface area contributed by atoms with Crippen LogP contribution in [-0.4, -0.2) is 5.11 Å². The lowest BCUT2D eigenvalue weighted by Crippen LogP contribution is -2.08. The van der Waals surface area contributed by atoms with Crippen molar-refractivity contribution >= 4 is 5.69 Å². The number of anilines is 1. The monoisotopic (exact) mass is 199 g/mol. The van der Waals surface area contributed by atoms with Gasteiger partial charge in [0.1, 0.15) is 0 Å². The summed E-state index contributed by atoms with van der Waals surface area (Å²) in [5.41, 5.74) is 1.77. The molecule has 0 saturated heterocycles. The van der Waals surface area contributed by atoms with E-state index in [1.54, 1.807) is 0 Å². The van der Waals surface area contributed by atoms with Crippen LogP contribution in [0.4, 0.5) is 5.69 Å². The molecule has 0 radical (unpaired) electrons. The van der Waals surface area contributed by atoms with E-state index in [4.69, 9.17) is 0 Å². The van der Waals surface area contributed by atoms with Crippen LogP contribution in [0.3, 0.4) is 0 Å². The average molecular weight is 199 g/mol. The van der Waals surface area contributed by atoms with Crippen LogP contribution in [0.15, 0.2) is 60.7 Å². The summed E-state index contributed by atoms with van der Waals surface area (Å²) in [5.74, 6) is 0. The van der Waals surface area contributed by atoms with E-state index >= 15 is 0 Å². The second-order valence-corrected chi connectivity index (χ2v) is 3.32. The molecule has 2 aromatic rings. The highest BCUT2D eigenvalue weighted by atomic mass is 16.3. The number of aliphatic hydroxyl groups excluding tert-OH is 1. The van der Waals surface area contributed by atoms with E-state index < -0.39 is 6.23 Å². The summed E-state index contributed by atoms with van der Waals surface area (Å²) in [7, 11) is 0. The molecule has 0 aliphatic carbocycles. The van der Waals surface area contributed by atoms with Crippen molar-refractivity contribution in [3.63, 3.8) is 0 Å². The van der Waals surface area contributed by atoms with Crippen LogP contribution in [0, 0.1) is 0 Å². The van der Waals surface area contributed by atoms with Gasteiger partial charge in [-0.25, -0.2) is 0 Å². The molecule has 0 amide bonds. The first-order valence-corrected chi connectivity index (χ1v) is 4.91. The molecule has 2 aromatic carbocycles. The van der Waals surface area contributed by atoms with E-state index in [0.29, 0.717) is 0 Å². The highest BCUT2D eigenvalue weighted by Crippen LogP contribution is 2.16. The number of hydrogen-bond acceptors (Lipinski definition) is 2. The first-order chi connectivity index (χ1) is 7.36. The topological polar surface area (TPSA) is 32.3 Å². The van der Waals surface area contributed by atoms with Gasteiger partial charge in [-0.05, 0) is 12.1 Å². The second kappa shape index (κ2) is 4.62. The molecule has 1 unspecified atom stereocenters. The van der Waals surface area contributed by atoms with Crippen molar-refractivity contribution in [2.75, 3.05) is 5.32 Å². The molecule has 0 aliphatic heterocycles. The highest BCUT2D eigenvalue weighted by molar-refractivity contribution is 5.44. The molecule has 2 nitrogen and oxygen atoms in total. The lowest BCUT2D eigenvalue weighted by molar-refractivity contribution is 0.208. The van der Waals surface area contributed by atoms with Gasteiger partial charge < -0.3 is 10.4 Å². The van der Waals surface area contributed by atoms with Gasteiger partial charge in [0.2, 0.25) is 0 Å². The minimum Gasteiger partial charge on any atom is -0.369 e. The third-order valence-corrected chi connectivity index (χ3v) is 2.19. The minimum atomic E-state index is -0.659. The third kappa shape index (κ3) is 2.58. The van der Waals surface area contributed by atoms with Gasteiger partial charge in [-0.1, -0.05) is 48.5 Å². The first-order valence-electron chi connectivity index (χ1n) is 4.91. The first kappa shape index (κ1) is 9.74. The summed E-state index contributed by atoms with van der Waals surface area (Å²) in [5, 5.41) is 12.9. The zero-order chi connectivity index (χ0) is 10.5. The lowest BCUT2D eigenvalue weighted by Gasteiger charge is -2.14. The summed E-state index contributed by atoms with van der Waals surface area (Å²) < 4.78 is 0. The molecule has 2 rings (SSSR count). The predicted octanol–water partition coefficient (Wildman–Crippen LogP) is 2.79. The van der Waals surface area contributed by atoms with E-state index in [0.717, 1.165) is 11.3 Å². The number of aliphatic hydroxyl groups is 1. The highest BCUT2D eigenvalue weighted by Gasteiger charge is 2.04. The van der Waals surface area contributed by atoms with Crippen molar-refractivity contribution in [2.45, 2.75) is 6.23 Å². The fourth-order valence-corrected chi connectivity index (χ4v) is 1.41. The summed E-state index contributed by atoms with van der Waals surface area (Å²) in [6, 6.07) is 19.2. The Morgan fingerprint density at radius 3 is 1.93 bits per heavy atom. The largest absolute Gasteiger partial charge is 0.369 e. The van der Waals surface area contributed by atoms with E-state index in [1.165, 1.54) is 0 Å². The van der Waals surface area contributed by atoms with Gasteiger partial charge in [0.05, 0.1) is 0 Å². The van der Waals surface area contributed by atoms with E-state index in [9.17, 15) is 5.11 Å². The lowest BCUT2D eigenvalue weighted by atomic mass is 10.2. The molecule has 76 valence electrons. The SMILES string of the molecule is OC(Nc1ccccc1)c1ccccc1. The summed E-state index contributed by atoms with van der Waals surface area (Å²) >= 11 is 0. The molecular formula is C13H13NO. The van der Waals surface area contributed by atoms with Crippen molar-refractivity contribution < 1.29 is 5.11 Å². The van der Waals surface area contributed by atoms with Gasteiger partial charge in [-0.15, -0.1) is 0 Å². The maximum absolute atomic E-state index is 9.86. The molecule has 15 heavy (non-hydrogen) atoms. The van der Waals surface area contributed by atoms with E-state index in [2.05, 4.69) is 5.32 Å². The van der Waals surface area contributed by atoms with Crippen molar-refractivity contribution in [1.82, 2.24) is 0 Å². The molecule has 0 heterocycles. The molecule has 2 N–H and O–H groups in total. The van der Waals surface area contributed by atoms with Crippen LogP contribution in [0.25, 0.3) is 0 Å². The van der Waals surface area contributed by atoms with Gasteiger partial charge in [-0.2, -0.15) is 0 Å². The molecule has 1 atom stereocenters. The van der Waals surface area contributed by atoms with Crippen molar-refractivity contribution in [2.24, 2.45) is 0 Å². The Morgan fingerprint density at radius 2 is 1.33 bits per heavy atom. The zero-order valence-corrected chi connectivity index (χ0v) is 8.30. The standard InChI is InChI=1S/C13H13NO/c15-13(11-7-3-1-4-8-11)14-12-9-5-2-6-10-12/h1-10,13-15H. The average Bonchev–Trinajstić information content (AvgIpc) is 2.31. The van der Waals surface area contributed by atoms with Gasteiger partial charge >= 0.3 is 0 Å². The van der Waals surface area contributed by atoms with Crippen molar-refractivity contribution in [1.29, 1.82) is 0 Å². The summed E-state index contributed by atoms with van der Waals surface area (Å²) in [4.78, 5) is 0. The Morgan fingerprint density at radius 1 is 0.800 bits per heavy atom. The maximum atomic E-state index is 9.86. The molecule has 0 fully saturated rings. The van der Waals surface area contributed by atoms with Crippen LogP contribution >= 0.6 is 0 Å². The number of benzene rings is 2. The Labute approximate surface area is 89.2 Å². The number of nitrogens with one attached hydrogen (secondary N) is 1. The van der Waals surface area contributed by atoms with Gasteiger partial charge in [-0.3, -0.25) is 0 Å². The molecule has 0 aliphatic rings. The quantitative estimate of drug-likeness (QED) is 0.745. The van der Waals surface area contributed by atoms with Crippen LogP contribution in [-0.2, 0) is 0 Å². The second-order valence-electron chi connectivity index (χ2n) is 3.32. The minimum absolute atomic E-state index is 0.659. The molecule has 0 spiro atoms. The van der Waals surface area contributed by atoms with E-state index in [-0.39, 0.29) is 0 Å². The maximum Gasteiger partial charge on any atom is 0.150 e. The molecule has 2 heteroatoms. The molecular weight excluding hydrogens is 186 g/mol. The number of para-hydroxylation sites is 1. The van der Waals surface area contributed by atoms with Gasteiger partial charge in [0.15, 0.2) is 6.23 Å². The van der Waals surface area contributed by atoms with Crippen LogP contribution in [0.5, 0.6) is 0 Å². The Hall–Kier alpha value is -1.80. The van der Waals surface area contributed by atoms with Gasteiger partial charge in [0, 0.05) is 11.3 Å². The summed E-state index contributed by atoms with van der Waals surface area (Å²) in [6.45, 7) is 0. The smallest absolute Gasteiger partial charge is 0.150 e. The third-order valence-electron chi connectivity index (χ3n) is 2.19. The Kier molecular flexibility index (Phi) is 3.00. The fourth-order valence-electron chi connectivity index (χ4n) is 1.41. The van der Waals surface area contributed by atoms with Crippen LogP contribution < -0.4 is 5.32 Å². The Bertz CT molecular complexity index is 399. The normalized spacial score (nSPS) is 12.1. The molecule has 0 aromatic heterocycles. The molecule has 0 bridgehead atoms. The van der Waals surface area contributed by atoms with Crippen LogP contribution in [0.1, 0.15) is 11.8 Å². The fraction of sp³-hybridized carbons (Fsp3) is 0.0769. The zero-order valence-electron chi connectivity index (χ0n) is 8.30. The van der Waals surface area contributed by atoms with E-state index in [1.807, 2.05) is 60.7 Å². The van der Waals surface area contributed by atoms with Crippen molar-refractivity contribution in [3.05, 3.63) is 66.2 Å². The molecule has 0 saturated carbocycles. The Balaban J connectivity index is 2.08. The predicted molar refractivity (Wildman–Crippen MR) is 61.5 cm³/mol. The van der Waals surface area contributed by atoms with Crippen molar-refractivity contribution in [3.8, 4) is 0 Å². The van der Waals surface area contributed by atoms with Gasteiger partial charge in [0.25, 0.3) is 0 Å². The summed E-state index contributed by atoms with van der Waals surface area (Å²) in [6.07, 6.45) is -0.659. The van der Waals surface area contributed by atoms with Crippen LogP contribution in [0.2, 0.25) is 0 Å². The number of rotatable bonds is 3. The number of hydrogen-bond donors (Lipinski definition) is 2.